The topological polar surface area (TPSA) is 58.6 Å². The average molecular weight is 322 g/mol. The maximum absolute atomic E-state index is 12.3. The standard InChI is InChI=1S/C14H18ClF2NO3/c1-8(2)5-11(13(19)20)18-7-9-6-10(15)3-4-12(9)21-14(16)17/h3-4,6,8,11,14,18H,5,7H2,1-2H3,(H,19,20). The van der Waals surface area contributed by atoms with Gasteiger partial charge in [0.25, 0.3) is 0 Å². The molecule has 0 amide bonds. The Kier molecular flexibility index (Phi) is 6.84. The van der Waals surface area contributed by atoms with Gasteiger partial charge in [-0.25, -0.2) is 0 Å². The molecule has 0 spiro atoms. The summed E-state index contributed by atoms with van der Waals surface area (Å²) in [6.07, 6.45) is 0.431. The Bertz CT molecular complexity index is 483. The Labute approximate surface area is 127 Å². The normalized spacial score (nSPS) is 12.7. The van der Waals surface area contributed by atoms with Gasteiger partial charge in [0.05, 0.1) is 0 Å². The number of carboxylic acid groups (broad SMARTS) is 1. The number of alkyl halides is 2. The minimum absolute atomic E-state index is 0.0180. The van der Waals surface area contributed by atoms with Crippen molar-refractivity contribution in [1.82, 2.24) is 5.32 Å². The number of rotatable bonds is 8. The molecule has 0 saturated carbocycles. The van der Waals surface area contributed by atoms with Gasteiger partial charge in [0, 0.05) is 17.1 Å². The Morgan fingerprint density at radius 3 is 2.62 bits per heavy atom. The first kappa shape index (κ1) is 17.7. The van der Waals surface area contributed by atoms with Gasteiger partial charge < -0.3 is 15.2 Å². The first-order valence-electron chi connectivity index (χ1n) is 6.49. The fourth-order valence-electron chi connectivity index (χ4n) is 1.87. The molecule has 0 fully saturated rings. The highest BCUT2D eigenvalue weighted by atomic mass is 35.5. The third-order valence-electron chi connectivity index (χ3n) is 2.78. The zero-order valence-corrected chi connectivity index (χ0v) is 12.5. The minimum Gasteiger partial charge on any atom is -0.480 e. The number of hydrogen-bond acceptors (Lipinski definition) is 3. The molecule has 0 heterocycles. The number of halogens is 3. The summed E-state index contributed by atoms with van der Waals surface area (Å²) in [4.78, 5) is 11.1. The lowest BCUT2D eigenvalue weighted by atomic mass is 10.0. The van der Waals surface area contributed by atoms with Crippen LogP contribution >= 0.6 is 11.6 Å². The molecule has 0 aliphatic carbocycles. The molecule has 2 N–H and O–H groups in total. The number of aliphatic carboxylic acids is 1. The summed E-state index contributed by atoms with van der Waals surface area (Å²) in [6, 6.07) is 3.49. The van der Waals surface area contributed by atoms with Crippen molar-refractivity contribution in [3.63, 3.8) is 0 Å². The molecule has 1 unspecified atom stereocenters. The van der Waals surface area contributed by atoms with E-state index in [2.05, 4.69) is 10.1 Å². The van der Waals surface area contributed by atoms with Crippen molar-refractivity contribution >= 4 is 17.6 Å². The van der Waals surface area contributed by atoms with Crippen molar-refractivity contribution in [2.24, 2.45) is 5.92 Å². The monoisotopic (exact) mass is 321 g/mol. The number of hydrogen-bond donors (Lipinski definition) is 2. The molecule has 1 aromatic rings. The summed E-state index contributed by atoms with van der Waals surface area (Å²) in [5, 5.41) is 12.3. The van der Waals surface area contributed by atoms with Crippen LogP contribution in [0.15, 0.2) is 18.2 Å². The van der Waals surface area contributed by atoms with E-state index in [0.29, 0.717) is 17.0 Å². The quantitative estimate of drug-likeness (QED) is 0.769. The third-order valence-corrected chi connectivity index (χ3v) is 3.02. The van der Waals surface area contributed by atoms with E-state index in [1.807, 2.05) is 13.8 Å². The molecule has 0 aromatic heterocycles. The number of carboxylic acids is 1. The molecule has 0 aliphatic heterocycles. The van der Waals surface area contributed by atoms with Crippen LogP contribution in [0.25, 0.3) is 0 Å². The van der Waals surface area contributed by atoms with Crippen LogP contribution in [0, 0.1) is 5.92 Å². The molecule has 0 aliphatic rings. The molecule has 1 rings (SSSR count). The Morgan fingerprint density at radius 1 is 1.43 bits per heavy atom. The SMILES string of the molecule is CC(C)CC(NCc1cc(Cl)ccc1OC(F)F)C(=O)O. The number of ether oxygens (including phenoxy) is 1. The van der Waals surface area contributed by atoms with Crippen molar-refractivity contribution in [3.05, 3.63) is 28.8 Å². The van der Waals surface area contributed by atoms with Gasteiger partial charge in [0.1, 0.15) is 11.8 Å². The minimum atomic E-state index is -2.95. The maximum atomic E-state index is 12.3. The van der Waals surface area contributed by atoms with Crippen LogP contribution in [0.3, 0.4) is 0 Å². The predicted octanol–water partition coefficient (Wildman–Crippen LogP) is 3.53. The Hall–Kier alpha value is -1.40. The van der Waals surface area contributed by atoms with E-state index in [1.165, 1.54) is 18.2 Å². The van der Waals surface area contributed by atoms with Gasteiger partial charge in [-0.1, -0.05) is 25.4 Å². The van der Waals surface area contributed by atoms with E-state index in [4.69, 9.17) is 16.7 Å². The molecule has 21 heavy (non-hydrogen) atoms. The van der Waals surface area contributed by atoms with E-state index in [0.717, 1.165) is 0 Å². The predicted molar refractivity (Wildman–Crippen MR) is 75.8 cm³/mol. The summed E-state index contributed by atoms with van der Waals surface area (Å²) < 4.78 is 29.1. The average Bonchev–Trinajstić information content (AvgIpc) is 2.36. The van der Waals surface area contributed by atoms with E-state index in [-0.39, 0.29) is 18.2 Å². The molecule has 7 heteroatoms. The number of benzene rings is 1. The second kappa shape index (κ2) is 8.14. The molecule has 4 nitrogen and oxygen atoms in total. The van der Waals surface area contributed by atoms with Crippen molar-refractivity contribution in [2.45, 2.75) is 39.5 Å². The fraction of sp³-hybridized carbons (Fsp3) is 0.500. The van der Waals surface area contributed by atoms with Crippen molar-refractivity contribution in [2.75, 3.05) is 0 Å². The Morgan fingerprint density at radius 2 is 2.10 bits per heavy atom. The molecule has 0 saturated heterocycles. The Balaban J connectivity index is 2.80. The van der Waals surface area contributed by atoms with E-state index in [1.54, 1.807) is 0 Å². The van der Waals surface area contributed by atoms with E-state index in [9.17, 15) is 13.6 Å². The summed E-state index contributed by atoms with van der Waals surface area (Å²) >= 11 is 5.83. The van der Waals surface area contributed by atoms with Gasteiger partial charge in [-0.15, -0.1) is 0 Å². The lowest BCUT2D eigenvalue weighted by Crippen LogP contribution is -2.37. The van der Waals surface area contributed by atoms with Crippen LogP contribution in [0.1, 0.15) is 25.8 Å². The van der Waals surface area contributed by atoms with Crippen LogP contribution in [-0.2, 0) is 11.3 Å². The van der Waals surface area contributed by atoms with Gasteiger partial charge in [0.15, 0.2) is 0 Å². The lowest BCUT2D eigenvalue weighted by molar-refractivity contribution is -0.140. The van der Waals surface area contributed by atoms with Crippen LogP contribution in [0.4, 0.5) is 8.78 Å². The molecular weight excluding hydrogens is 304 g/mol. The molecule has 0 bridgehead atoms. The van der Waals surface area contributed by atoms with Crippen LogP contribution in [0.2, 0.25) is 5.02 Å². The zero-order valence-electron chi connectivity index (χ0n) is 11.8. The zero-order chi connectivity index (χ0) is 16.0. The first-order chi connectivity index (χ1) is 9.79. The summed E-state index contributed by atoms with van der Waals surface area (Å²) in [5.74, 6) is -0.813. The van der Waals surface area contributed by atoms with Crippen LogP contribution < -0.4 is 10.1 Å². The maximum Gasteiger partial charge on any atom is 0.387 e. The van der Waals surface area contributed by atoms with Crippen molar-refractivity contribution in [3.8, 4) is 5.75 Å². The van der Waals surface area contributed by atoms with E-state index < -0.39 is 18.6 Å². The molecule has 118 valence electrons. The lowest BCUT2D eigenvalue weighted by Gasteiger charge is -2.18. The fourth-order valence-corrected chi connectivity index (χ4v) is 2.07. The first-order valence-corrected chi connectivity index (χ1v) is 6.86. The molecule has 1 aromatic carbocycles. The van der Waals surface area contributed by atoms with Gasteiger partial charge >= 0.3 is 12.6 Å². The largest absolute Gasteiger partial charge is 0.480 e. The van der Waals surface area contributed by atoms with Crippen LogP contribution in [0.5, 0.6) is 5.75 Å². The number of nitrogens with one attached hydrogen (secondary N) is 1. The van der Waals surface area contributed by atoms with Crippen LogP contribution in [-0.4, -0.2) is 23.7 Å². The van der Waals surface area contributed by atoms with Gasteiger partial charge in [-0.05, 0) is 30.5 Å². The van der Waals surface area contributed by atoms with E-state index >= 15 is 0 Å². The molecule has 1 atom stereocenters. The summed E-state index contributed by atoms with van der Waals surface area (Å²) in [6.45, 7) is 0.938. The highest BCUT2D eigenvalue weighted by Crippen LogP contribution is 2.24. The van der Waals surface area contributed by atoms with Gasteiger partial charge in [-0.2, -0.15) is 8.78 Å². The number of carbonyl (C=O) groups is 1. The van der Waals surface area contributed by atoms with Crippen molar-refractivity contribution < 1.29 is 23.4 Å². The second-order valence-electron chi connectivity index (χ2n) is 5.03. The highest BCUT2D eigenvalue weighted by Gasteiger charge is 2.19. The summed E-state index contributed by atoms with van der Waals surface area (Å²) in [5.41, 5.74) is 0.387. The van der Waals surface area contributed by atoms with Crippen molar-refractivity contribution in [1.29, 1.82) is 0 Å². The summed E-state index contributed by atoms with van der Waals surface area (Å²) in [7, 11) is 0. The molecule has 0 radical (unpaired) electrons. The van der Waals surface area contributed by atoms with Gasteiger partial charge in [-0.3, -0.25) is 4.79 Å². The highest BCUT2D eigenvalue weighted by molar-refractivity contribution is 6.30. The third kappa shape index (κ3) is 6.27. The van der Waals surface area contributed by atoms with Gasteiger partial charge in [0.2, 0.25) is 0 Å². The smallest absolute Gasteiger partial charge is 0.387 e. The second-order valence-corrected chi connectivity index (χ2v) is 5.47. The molecular formula is C14H18ClF2NO3.